The van der Waals surface area contributed by atoms with Crippen LogP contribution in [0.1, 0.15) is 12.1 Å². The summed E-state index contributed by atoms with van der Waals surface area (Å²) in [4.78, 5) is 0. The summed E-state index contributed by atoms with van der Waals surface area (Å²) >= 11 is 5.89. The normalized spacial score (nSPS) is 21.7. The maximum absolute atomic E-state index is 5.89. The SMILES string of the molecule is Cn1cc(Cl)cc1CNC1CCOC1. The van der Waals surface area contributed by atoms with Gasteiger partial charge in [0.1, 0.15) is 0 Å². The van der Waals surface area contributed by atoms with Gasteiger partial charge in [-0.05, 0) is 12.5 Å². The Morgan fingerprint density at radius 1 is 1.71 bits per heavy atom. The first kappa shape index (κ1) is 10.0. The molecule has 1 aromatic rings. The molecule has 0 spiro atoms. The van der Waals surface area contributed by atoms with Crippen molar-refractivity contribution < 1.29 is 4.74 Å². The van der Waals surface area contributed by atoms with Crippen LogP contribution >= 0.6 is 11.6 Å². The fraction of sp³-hybridized carbons (Fsp3) is 0.600. The van der Waals surface area contributed by atoms with Gasteiger partial charge in [0.05, 0.1) is 11.6 Å². The van der Waals surface area contributed by atoms with Crippen LogP contribution in [-0.4, -0.2) is 23.8 Å². The third-order valence-electron chi connectivity index (χ3n) is 2.58. The van der Waals surface area contributed by atoms with Gasteiger partial charge in [-0.15, -0.1) is 0 Å². The molecule has 0 bridgehead atoms. The highest BCUT2D eigenvalue weighted by atomic mass is 35.5. The highest BCUT2D eigenvalue weighted by molar-refractivity contribution is 6.30. The molecular weight excluding hydrogens is 200 g/mol. The maximum atomic E-state index is 5.89. The zero-order chi connectivity index (χ0) is 9.97. The molecule has 1 unspecified atom stereocenters. The molecule has 4 heteroatoms. The minimum atomic E-state index is 0.503. The largest absolute Gasteiger partial charge is 0.380 e. The molecule has 1 saturated heterocycles. The zero-order valence-corrected chi connectivity index (χ0v) is 9.05. The van der Waals surface area contributed by atoms with E-state index in [2.05, 4.69) is 5.32 Å². The Kier molecular flexibility index (Phi) is 3.11. The van der Waals surface area contributed by atoms with Crippen molar-refractivity contribution in [3.63, 3.8) is 0 Å². The fourth-order valence-corrected chi connectivity index (χ4v) is 1.96. The minimum Gasteiger partial charge on any atom is -0.380 e. The molecule has 0 amide bonds. The van der Waals surface area contributed by atoms with Gasteiger partial charge in [-0.3, -0.25) is 0 Å². The van der Waals surface area contributed by atoms with E-state index >= 15 is 0 Å². The summed E-state index contributed by atoms with van der Waals surface area (Å²) in [5.74, 6) is 0. The van der Waals surface area contributed by atoms with Crippen molar-refractivity contribution in [2.75, 3.05) is 13.2 Å². The predicted molar refractivity (Wildman–Crippen MR) is 56.5 cm³/mol. The molecule has 0 aliphatic carbocycles. The lowest BCUT2D eigenvalue weighted by Gasteiger charge is -2.10. The molecule has 1 aliphatic rings. The van der Waals surface area contributed by atoms with E-state index in [1.807, 2.05) is 23.9 Å². The van der Waals surface area contributed by atoms with E-state index in [1.54, 1.807) is 0 Å². The molecule has 0 radical (unpaired) electrons. The van der Waals surface area contributed by atoms with Crippen LogP contribution in [0.3, 0.4) is 0 Å². The monoisotopic (exact) mass is 214 g/mol. The number of hydrogen-bond acceptors (Lipinski definition) is 2. The first-order chi connectivity index (χ1) is 6.75. The summed E-state index contributed by atoms with van der Waals surface area (Å²) in [6, 6.07) is 2.49. The van der Waals surface area contributed by atoms with Gasteiger partial charge in [0.25, 0.3) is 0 Å². The lowest BCUT2D eigenvalue weighted by molar-refractivity contribution is 0.189. The Balaban J connectivity index is 1.87. The Labute approximate surface area is 89.0 Å². The average Bonchev–Trinajstić information content (AvgIpc) is 2.72. The first-order valence-corrected chi connectivity index (χ1v) is 5.25. The summed E-state index contributed by atoms with van der Waals surface area (Å²) in [6.07, 6.45) is 3.03. The zero-order valence-electron chi connectivity index (χ0n) is 8.29. The van der Waals surface area contributed by atoms with E-state index in [1.165, 1.54) is 5.69 Å². The van der Waals surface area contributed by atoms with Crippen molar-refractivity contribution in [1.82, 2.24) is 9.88 Å². The van der Waals surface area contributed by atoms with Crippen LogP contribution in [0.25, 0.3) is 0 Å². The van der Waals surface area contributed by atoms with Crippen LogP contribution in [0, 0.1) is 0 Å². The van der Waals surface area contributed by atoms with E-state index in [-0.39, 0.29) is 0 Å². The molecule has 0 saturated carbocycles. The highest BCUT2D eigenvalue weighted by Gasteiger charge is 2.14. The number of aryl methyl sites for hydroxylation is 1. The molecule has 1 aromatic heterocycles. The Hall–Kier alpha value is -0.510. The van der Waals surface area contributed by atoms with E-state index in [0.29, 0.717) is 6.04 Å². The molecule has 0 aromatic carbocycles. The molecular formula is C10H15ClN2O. The second-order valence-electron chi connectivity index (χ2n) is 3.70. The van der Waals surface area contributed by atoms with Crippen LogP contribution in [0.2, 0.25) is 5.02 Å². The molecule has 14 heavy (non-hydrogen) atoms. The van der Waals surface area contributed by atoms with Gasteiger partial charge in [-0.25, -0.2) is 0 Å². The van der Waals surface area contributed by atoms with E-state index in [0.717, 1.165) is 31.2 Å². The van der Waals surface area contributed by atoms with Crippen LogP contribution in [0.5, 0.6) is 0 Å². The summed E-state index contributed by atoms with van der Waals surface area (Å²) in [6.45, 7) is 2.57. The van der Waals surface area contributed by atoms with Gasteiger partial charge in [0.15, 0.2) is 0 Å². The lowest BCUT2D eigenvalue weighted by atomic mass is 10.2. The van der Waals surface area contributed by atoms with Crippen LogP contribution in [-0.2, 0) is 18.3 Å². The van der Waals surface area contributed by atoms with Crippen LogP contribution in [0.15, 0.2) is 12.3 Å². The average molecular weight is 215 g/mol. The standard InChI is InChI=1S/C10H15ClN2O/c1-13-6-8(11)4-10(13)5-12-9-2-3-14-7-9/h4,6,9,12H,2-3,5,7H2,1H3. The first-order valence-electron chi connectivity index (χ1n) is 4.87. The molecule has 1 aliphatic heterocycles. The van der Waals surface area contributed by atoms with E-state index in [9.17, 15) is 0 Å². The number of halogens is 1. The smallest absolute Gasteiger partial charge is 0.0620 e. The molecule has 1 fully saturated rings. The van der Waals surface area contributed by atoms with E-state index < -0.39 is 0 Å². The maximum Gasteiger partial charge on any atom is 0.0620 e. The van der Waals surface area contributed by atoms with Crippen LogP contribution in [0.4, 0.5) is 0 Å². The van der Waals surface area contributed by atoms with Gasteiger partial charge >= 0.3 is 0 Å². The Morgan fingerprint density at radius 2 is 2.57 bits per heavy atom. The summed E-state index contributed by atoms with van der Waals surface area (Å²) in [5.41, 5.74) is 1.21. The van der Waals surface area contributed by atoms with Gasteiger partial charge < -0.3 is 14.6 Å². The number of nitrogens with one attached hydrogen (secondary N) is 1. The number of nitrogens with zero attached hydrogens (tertiary/aromatic N) is 1. The van der Waals surface area contributed by atoms with E-state index in [4.69, 9.17) is 16.3 Å². The summed E-state index contributed by atoms with van der Waals surface area (Å²) in [5, 5.41) is 4.25. The van der Waals surface area contributed by atoms with Crippen molar-refractivity contribution in [3.05, 3.63) is 23.0 Å². The number of hydrogen-bond donors (Lipinski definition) is 1. The number of ether oxygens (including phenoxy) is 1. The van der Waals surface area contributed by atoms with Crippen molar-refractivity contribution in [2.24, 2.45) is 7.05 Å². The van der Waals surface area contributed by atoms with Crippen molar-refractivity contribution >= 4 is 11.6 Å². The van der Waals surface area contributed by atoms with Crippen LogP contribution < -0.4 is 5.32 Å². The quantitative estimate of drug-likeness (QED) is 0.827. The lowest BCUT2D eigenvalue weighted by Crippen LogP contribution is -2.29. The molecule has 1 N–H and O–H groups in total. The molecule has 3 nitrogen and oxygen atoms in total. The third kappa shape index (κ3) is 2.29. The fourth-order valence-electron chi connectivity index (χ4n) is 1.69. The summed E-state index contributed by atoms with van der Waals surface area (Å²) in [7, 11) is 2.01. The van der Waals surface area contributed by atoms with Gasteiger partial charge in [0.2, 0.25) is 0 Å². The Bertz CT molecular complexity index is 305. The van der Waals surface area contributed by atoms with Gasteiger partial charge in [0, 0.05) is 38.1 Å². The molecule has 2 heterocycles. The van der Waals surface area contributed by atoms with Crippen molar-refractivity contribution in [1.29, 1.82) is 0 Å². The minimum absolute atomic E-state index is 0.503. The van der Waals surface area contributed by atoms with Crippen molar-refractivity contribution in [3.8, 4) is 0 Å². The second kappa shape index (κ2) is 4.34. The molecule has 2 rings (SSSR count). The van der Waals surface area contributed by atoms with Gasteiger partial charge in [-0.2, -0.15) is 0 Å². The van der Waals surface area contributed by atoms with Gasteiger partial charge in [-0.1, -0.05) is 11.6 Å². The molecule has 1 atom stereocenters. The Morgan fingerprint density at radius 3 is 3.14 bits per heavy atom. The van der Waals surface area contributed by atoms with Crippen molar-refractivity contribution in [2.45, 2.75) is 19.0 Å². The predicted octanol–water partition coefficient (Wildman–Crippen LogP) is 1.56. The third-order valence-corrected chi connectivity index (χ3v) is 2.78. The molecule has 78 valence electrons. The topological polar surface area (TPSA) is 26.2 Å². The summed E-state index contributed by atoms with van der Waals surface area (Å²) < 4.78 is 7.33. The highest BCUT2D eigenvalue weighted by Crippen LogP contribution is 2.13. The number of rotatable bonds is 3. The number of aromatic nitrogens is 1. The second-order valence-corrected chi connectivity index (χ2v) is 4.14.